The number of nitrogens with zero attached hydrogens (tertiary/aromatic N) is 1. The number of fused-ring (bicyclic) bond motifs is 1. The van der Waals surface area contributed by atoms with E-state index in [4.69, 9.17) is 9.47 Å². The Morgan fingerprint density at radius 3 is 3.19 bits per heavy atom. The van der Waals surface area contributed by atoms with E-state index in [0.29, 0.717) is 18.3 Å². The molecule has 2 rings (SSSR count). The van der Waals surface area contributed by atoms with E-state index in [1.54, 1.807) is 6.92 Å². The average molecular weight is 242 g/mol. The largest absolute Gasteiger partial charge is 0.375 e. The molecule has 0 aliphatic carbocycles. The molecular weight excluding hydrogens is 228 g/mol. The van der Waals surface area contributed by atoms with Crippen molar-refractivity contribution >= 4 is 22.4 Å². The van der Waals surface area contributed by atoms with Gasteiger partial charge in [0.05, 0.1) is 23.8 Å². The summed E-state index contributed by atoms with van der Waals surface area (Å²) in [5.74, 6) is -0.172. The number of methoxy groups -OCH3 is 1. The Balaban J connectivity index is 2.05. The maximum Gasteiger partial charge on any atom is 0.254 e. The SMILES string of the molecule is CO[C@H](C)C(=O)Nc1nc2c(s1)COCC2. The Morgan fingerprint density at radius 2 is 2.50 bits per heavy atom. The van der Waals surface area contributed by atoms with Gasteiger partial charge in [-0.25, -0.2) is 4.98 Å². The van der Waals surface area contributed by atoms with Gasteiger partial charge in [-0.2, -0.15) is 0 Å². The number of hydrogen-bond donors (Lipinski definition) is 1. The van der Waals surface area contributed by atoms with Crippen LogP contribution in [0.1, 0.15) is 17.5 Å². The summed E-state index contributed by atoms with van der Waals surface area (Å²) in [5, 5.41) is 3.37. The van der Waals surface area contributed by atoms with E-state index in [9.17, 15) is 4.79 Å². The standard InChI is InChI=1S/C10H14N2O3S/c1-6(14-2)9(13)12-10-11-7-3-4-15-5-8(7)16-10/h6H,3-5H2,1-2H3,(H,11,12,13)/t6-/m1/s1. The topological polar surface area (TPSA) is 60.5 Å². The van der Waals surface area contributed by atoms with Crippen LogP contribution in [0.5, 0.6) is 0 Å². The Bertz CT molecular complexity index is 368. The molecule has 1 aromatic rings. The average Bonchev–Trinajstić information content (AvgIpc) is 2.69. The number of carbonyl (C=O) groups excluding carboxylic acids is 1. The van der Waals surface area contributed by atoms with Crippen molar-refractivity contribution in [2.24, 2.45) is 0 Å². The van der Waals surface area contributed by atoms with E-state index < -0.39 is 6.10 Å². The summed E-state index contributed by atoms with van der Waals surface area (Å²) in [6.07, 6.45) is 0.360. The highest BCUT2D eigenvalue weighted by molar-refractivity contribution is 7.15. The number of amides is 1. The molecule has 1 aliphatic heterocycles. The van der Waals surface area contributed by atoms with E-state index >= 15 is 0 Å². The van der Waals surface area contributed by atoms with Crippen LogP contribution >= 0.6 is 11.3 Å². The molecule has 1 N–H and O–H groups in total. The second kappa shape index (κ2) is 4.90. The quantitative estimate of drug-likeness (QED) is 0.865. The fraction of sp³-hybridized carbons (Fsp3) is 0.600. The first-order chi connectivity index (χ1) is 7.70. The van der Waals surface area contributed by atoms with Crippen LogP contribution < -0.4 is 5.32 Å². The van der Waals surface area contributed by atoms with E-state index in [1.807, 2.05) is 0 Å². The molecule has 1 aromatic heterocycles. The molecule has 2 heterocycles. The van der Waals surface area contributed by atoms with Gasteiger partial charge in [0.25, 0.3) is 5.91 Å². The van der Waals surface area contributed by atoms with Gasteiger partial charge in [-0.05, 0) is 6.92 Å². The summed E-state index contributed by atoms with van der Waals surface area (Å²) in [5.41, 5.74) is 1.04. The number of anilines is 1. The van der Waals surface area contributed by atoms with Crippen LogP contribution in [-0.4, -0.2) is 30.7 Å². The highest BCUT2D eigenvalue weighted by atomic mass is 32.1. The van der Waals surface area contributed by atoms with Crippen molar-refractivity contribution in [3.63, 3.8) is 0 Å². The van der Waals surface area contributed by atoms with Gasteiger partial charge in [0.1, 0.15) is 6.10 Å². The van der Waals surface area contributed by atoms with E-state index in [0.717, 1.165) is 17.0 Å². The summed E-state index contributed by atoms with van der Waals surface area (Å²) in [6, 6.07) is 0. The number of hydrogen-bond acceptors (Lipinski definition) is 5. The van der Waals surface area contributed by atoms with E-state index in [2.05, 4.69) is 10.3 Å². The molecule has 0 radical (unpaired) electrons. The third-order valence-corrected chi connectivity index (χ3v) is 3.43. The van der Waals surface area contributed by atoms with Gasteiger partial charge in [0, 0.05) is 13.5 Å². The molecular formula is C10H14N2O3S. The van der Waals surface area contributed by atoms with Crippen LogP contribution in [0.2, 0.25) is 0 Å². The van der Waals surface area contributed by atoms with Crippen molar-refractivity contribution in [3.8, 4) is 0 Å². The highest BCUT2D eigenvalue weighted by Gasteiger charge is 2.18. The van der Waals surface area contributed by atoms with Gasteiger partial charge in [0.15, 0.2) is 5.13 Å². The summed E-state index contributed by atoms with van der Waals surface area (Å²) in [7, 11) is 1.50. The van der Waals surface area contributed by atoms with Gasteiger partial charge in [-0.15, -0.1) is 0 Å². The molecule has 0 fully saturated rings. The van der Waals surface area contributed by atoms with Crippen molar-refractivity contribution in [2.45, 2.75) is 26.1 Å². The number of thiazole rings is 1. The molecule has 0 spiro atoms. The smallest absolute Gasteiger partial charge is 0.254 e. The zero-order chi connectivity index (χ0) is 11.5. The Kier molecular flexibility index (Phi) is 3.52. The monoisotopic (exact) mass is 242 g/mol. The van der Waals surface area contributed by atoms with Crippen LogP contribution in [0, 0.1) is 0 Å². The lowest BCUT2D eigenvalue weighted by molar-refractivity contribution is -0.124. The molecule has 0 aromatic carbocycles. The van der Waals surface area contributed by atoms with Crippen molar-refractivity contribution in [2.75, 3.05) is 19.0 Å². The highest BCUT2D eigenvalue weighted by Crippen LogP contribution is 2.27. The molecule has 0 unspecified atom stereocenters. The number of carbonyl (C=O) groups is 1. The maximum atomic E-state index is 11.6. The third kappa shape index (κ3) is 2.40. The minimum Gasteiger partial charge on any atom is -0.375 e. The number of aromatic nitrogens is 1. The molecule has 1 amide bonds. The van der Waals surface area contributed by atoms with Gasteiger partial charge in [-0.3, -0.25) is 10.1 Å². The summed E-state index contributed by atoms with van der Waals surface area (Å²) < 4.78 is 10.2. The van der Waals surface area contributed by atoms with Crippen molar-refractivity contribution < 1.29 is 14.3 Å². The van der Waals surface area contributed by atoms with E-state index in [1.165, 1.54) is 18.4 Å². The predicted octanol–water partition coefficient (Wildman–Crippen LogP) is 1.19. The first-order valence-corrected chi connectivity index (χ1v) is 5.92. The third-order valence-electron chi connectivity index (χ3n) is 2.45. The van der Waals surface area contributed by atoms with Crippen LogP contribution in [0.3, 0.4) is 0 Å². The van der Waals surface area contributed by atoms with Gasteiger partial charge >= 0.3 is 0 Å². The minimum atomic E-state index is -0.461. The van der Waals surface area contributed by atoms with Crippen molar-refractivity contribution in [3.05, 3.63) is 10.6 Å². The van der Waals surface area contributed by atoms with Crippen molar-refractivity contribution in [1.29, 1.82) is 0 Å². The van der Waals surface area contributed by atoms with Crippen molar-refractivity contribution in [1.82, 2.24) is 4.98 Å². The lowest BCUT2D eigenvalue weighted by Gasteiger charge is -2.08. The normalized spacial score (nSPS) is 16.6. The molecule has 16 heavy (non-hydrogen) atoms. The predicted molar refractivity (Wildman–Crippen MR) is 60.6 cm³/mol. The van der Waals surface area contributed by atoms with Gasteiger partial charge in [-0.1, -0.05) is 11.3 Å². The fourth-order valence-corrected chi connectivity index (χ4v) is 2.34. The zero-order valence-corrected chi connectivity index (χ0v) is 10.1. The molecule has 0 bridgehead atoms. The molecule has 88 valence electrons. The minimum absolute atomic E-state index is 0.172. The van der Waals surface area contributed by atoms with Crippen LogP contribution in [0.4, 0.5) is 5.13 Å². The Hall–Kier alpha value is -0.980. The van der Waals surface area contributed by atoms with Crippen LogP contribution in [-0.2, 0) is 27.3 Å². The molecule has 1 aliphatic rings. The van der Waals surface area contributed by atoms with Crippen LogP contribution in [0.25, 0.3) is 0 Å². The number of rotatable bonds is 3. The fourth-order valence-electron chi connectivity index (χ4n) is 1.39. The molecule has 0 saturated carbocycles. The maximum absolute atomic E-state index is 11.6. The molecule has 1 atom stereocenters. The number of ether oxygens (including phenoxy) is 2. The summed E-state index contributed by atoms with van der Waals surface area (Å²) >= 11 is 1.47. The lowest BCUT2D eigenvalue weighted by atomic mass is 10.2. The second-order valence-electron chi connectivity index (χ2n) is 3.56. The Labute approximate surface area is 97.8 Å². The van der Waals surface area contributed by atoms with Crippen LogP contribution in [0.15, 0.2) is 0 Å². The summed E-state index contributed by atoms with van der Waals surface area (Å²) in [4.78, 5) is 17.0. The summed E-state index contributed by atoms with van der Waals surface area (Å²) in [6.45, 7) is 3.01. The Morgan fingerprint density at radius 1 is 1.69 bits per heavy atom. The molecule has 0 saturated heterocycles. The lowest BCUT2D eigenvalue weighted by Crippen LogP contribution is -2.26. The number of nitrogens with one attached hydrogen (secondary N) is 1. The first-order valence-electron chi connectivity index (χ1n) is 5.10. The van der Waals surface area contributed by atoms with Gasteiger partial charge in [0.2, 0.25) is 0 Å². The molecule has 5 nitrogen and oxygen atoms in total. The molecule has 6 heteroatoms. The van der Waals surface area contributed by atoms with Gasteiger partial charge < -0.3 is 9.47 Å². The second-order valence-corrected chi connectivity index (χ2v) is 4.64. The first kappa shape index (κ1) is 11.5. The van der Waals surface area contributed by atoms with E-state index in [-0.39, 0.29) is 5.91 Å². The zero-order valence-electron chi connectivity index (χ0n) is 9.28.